The lowest BCUT2D eigenvalue weighted by Crippen LogP contribution is -2.31. The van der Waals surface area contributed by atoms with E-state index in [1.807, 2.05) is 7.05 Å². The molecular weight excluding hydrogens is 264 g/mol. The number of rotatable bonds is 6. The normalized spacial score (nSPS) is 18.6. The molecule has 2 rings (SSSR count). The van der Waals surface area contributed by atoms with Crippen LogP contribution in [0.1, 0.15) is 56.8 Å². The van der Waals surface area contributed by atoms with Gasteiger partial charge in [0.1, 0.15) is 17.5 Å². The fraction of sp³-hybridized carbons (Fsp3) is 0.750. The molecule has 0 spiro atoms. The van der Waals surface area contributed by atoms with Gasteiger partial charge in [-0.05, 0) is 32.6 Å². The number of aliphatic hydroxyl groups excluding tert-OH is 1. The third-order valence-corrected chi connectivity index (χ3v) is 4.24. The van der Waals surface area contributed by atoms with Gasteiger partial charge in [0, 0.05) is 37.7 Å². The molecule has 5 nitrogen and oxygen atoms in total. The molecule has 0 aromatic carbocycles. The zero-order valence-corrected chi connectivity index (χ0v) is 13.7. The van der Waals surface area contributed by atoms with Crippen molar-refractivity contribution in [2.45, 2.75) is 58.4 Å². The first-order chi connectivity index (χ1) is 10.1. The SMILES string of the molecule is CNc1nc(C(C)C)nc(N2CCCC2CCCO)c1C. The lowest BCUT2D eigenvalue weighted by molar-refractivity contribution is 0.279. The fourth-order valence-corrected chi connectivity index (χ4v) is 3.04. The molecular formula is C16H28N4O. The van der Waals surface area contributed by atoms with Gasteiger partial charge < -0.3 is 15.3 Å². The molecule has 0 amide bonds. The Kier molecular flexibility index (Phi) is 5.39. The summed E-state index contributed by atoms with van der Waals surface area (Å²) in [6, 6.07) is 0.496. The Hall–Kier alpha value is -1.36. The number of nitrogens with one attached hydrogen (secondary N) is 1. The maximum atomic E-state index is 9.08. The van der Waals surface area contributed by atoms with Crippen LogP contribution in [0.2, 0.25) is 0 Å². The van der Waals surface area contributed by atoms with E-state index in [4.69, 9.17) is 10.1 Å². The molecule has 5 heteroatoms. The highest BCUT2D eigenvalue weighted by Gasteiger charge is 2.28. The third kappa shape index (κ3) is 3.46. The smallest absolute Gasteiger partial charge is 0.137 e. The maximum absolute atomic E-state index is 9.08. The largest absolute Gasteiger partial charge is 0.396 e. The molecule has 2 heterocycles. The molecule has 1 aromatic rings. The summed E-state index contributed by atoms with van der Waals surface area (Å²) in [5.74, 6) is 3.21. The zero-order chi connectivity index (χ0) is 15.4. The van der Waals surface area contributed by atoms with Crippen LogP contribution in [0, 0.1) is 6.92 Å². The van der Waals surface area contributed by atoms with Gasteiger partial charge in [-0.15, -0.1) is 0 Å². The van der Waals surface area contributed by atoms with Crippen LogP contribution in [0.5, 0.6) is 0 Å². The summed E-state index contributed by atoms with van der Waals surface area (Å²) in [6.45, 7) is 7.66. The van der Waals surface area contributed by atoms with Crippen LogP contribution in [-0.2, 0) is 0 Å². The minimum Gasteiger partial charge on any atom is -0.396 e. The van der Waals surface area contributed by atoms with Crippen molar-refractivity contribution in [3.63, 3.8) is 0 Å². The first-order valence-corrected chi connectivity index (χ1v) is 8.02. The molecule has 118 valence electrons. The Morgan fingerprint density at radius 1 is 1.38 bits per heavy atom. The minimum atomic E-state index is 0.270. The average Bonchev–Trinajstić information content (AvgIpc) is 2.93. The summed E-state index contributed by atoms with van der Waals surface area (Å²) in [5, 5.41) is 12.3. The average molecular weight is 292 g/mol. The summed E-state index contributed by atoms with van der Waals surface area (Å²) >= 11 is 0. The van der Waals surface area contributed by atoms with Crippen molar-refractivity contribution in [1.29, 1.82) is 0 Å². The number of anilines is 2. The maximum Gasteiger partial charge on any atom is 0.137 e. The lowest BCUT2D eigenvalue weighted by atomic mass is 10.1. The molecule has 1 fully saturated rings. The first-order valence-electron chi connectivity index (χ1n) is 8.02. The quantitative estimate of drug-likeness (QED) is 0.844. The summed E-state index contributed by atoms with van der Waals surface area (Å²) < 4.78 is 0. The summed E-state index contributed by atoms with van der Waals surface area (Å²) in [5.41, 5.74) is 1.12. The predicted octanol–water partition coefficient (Wildman–Crippen LogP) is 2.69. The summed E-state index contributed by atoms with van der Waals surface area (Å²) in [7, 11) is 1.91. The topological polar surface area (TPSA) is 61.3 Å². The van der Waals surface area contributed by atoms with Crippen LogP contribution >= 0.6 is 0 Å². The van der Waals surface area contributed by atoms with E-state index in [0.29, 0.717) is 12.0 Å². The van der Waals surface area contributed by atoms with Gasteiger partial charge in [-0.2, -0.15) is 0 Å². The van der Waals surface area contributed by atoms with Gasteiger partial charge in [-0.25, -0.2) is 9.97 Å². The fourth-order valence-electron chi connectivity index (χ4n) is 3.04. The monoisotopic (exact) mass is 292 g/mol. The van der Waals surface area contributed by atoms with Crippen LogP contribution in [0.25, 0.3) is 0 Å². The van der Waals surface area contributed by atoms with Crippen LogP contribution in [0.4, 0.5) is 11.6 Å². The number of hydrogen-bond donors (Lipinski definition) is 2. The van der Waals surface area contributed by atoms with Crippen molar-refractivity contribution in [2.24, 2.45) is 0 Å². The summed E-state index contributed by atoms with van der Waals surface area (Å²) in [4.78, 5) is 11.9. The molecule has 21 heavy (non-hydrogen) atoms. The third-order valence-electron chi connectivity index (χ3n) is 4.24. The van der Waals surface area contributed by atoms with Gasteiger partial charge in [-0.3, -0.25) is 0 Å². The van der Waals surface area contributed by atoms with Gasteiger partial charge in [0.2, 0.25) is 0 Å². The number of aromatic nitrogens is 2. The van der Waals surface area contributed by atoms with Gasteiger partial charge in [0.15, 0.2) is 0 Å². The van der Waals surface area contributed by atoms with Crippen molar-refractivity contribution in [1.82, 2.24) is 9.97 Å². The molecule has 0 saturated carbocycles. The predicted molar refractivity (Wildman–Crippen MR) is 87.1 cm³/mol. The molecule has 1 saturated heterocycles. The second kappa shape index (κ2) is 7.07. The molecule has 0 bridgehead atoms. The Morgan fingerprint density at radius 3 is 2.76 bits per heavy atom. The molecule has 1 aliphatic rings. The van der Waals surface area contributed by atoms with Crippen LogP contribution in [-0.4, -0.2) is 41.3 Å². The Morgan fingerprint density at radius 2 is 2.14 bits per heavy atom. The Labute approximate surface area is 127 Å². The van der Waals surface area contributed by atoms with E-state index in [1.54, 1.807) is 0 Å². The minimum absolute atomic E-state index is 0.270. The Bertz CT molecular complexity index is 476. The van der Waals surface area contributed by atoms with Crippen LogP contribution in [0.15, 0.2) is 0 Å². The van der Waals surface area contributed by atoms with Crippen molar-refractivity contribution < 1.29 is 5.11 Å². The number of aliphatic hydroxyl groups is 1. The van der Waals surface area contributed by atoms with E-state index in [0.717, 1.165) is 42.4 Å². The first kappa shape index (κ1) is 16.0. The Balaban J connectivity index is 2.34. The van der Waals surface area contributed by atoms with Crippen LogP contribution in [0.3, 0.4) is 0 Å². The van der Waals surface area contributed by atoms with Gasteiger partial charge in [0.05, 0.1) is 0 Å². The molecule has 0 aliphatic carbocycles. The molecule has 1 aromatic heterocycles. The second-order valence-corrected chi connectivity index (χ2v) is 6.14. The van der Waals surface area contributed by atoms with E-state index in [9.17, 15) is 0 Å². The van der Waals surface area contributed by atoms with Gasteiger partial charge in [0.25, 0.3) is 0 Å². The molecule has 0 radical (unpaired) electrons. The van der Waals surface area contributed by atoms with E-state index >= 15 is 0 Å². The van der Waals surface area contributed by atoms with Crippen LogP contribution < -0.4 is 10.2 Å². The standard InChI is InChI=1S/C16H28N4O/c1-11(2)14-18-15(17-4)12(3)16(19-14)20-9-5-7-13(20)8-6-10-21/h11,13,21H,5-10H2,1-4H3,(H,17,18,19). The highest BCUT2D eigenvalue weighted by atomic mass is 16.2. The molecule has 1 unspecified atom stereocenters. The molecule has 2 N–H and O–H groups in total. The number of hydrogen-bond acceptors (Lipinski definition) is 5. The van der Waals surface area contributed by atoms with E-state index in [2.05, 4.69) is 36.0 Å². The van der Waals surface area contributed by atoms with Gasteiger partial charge in [-0.1, -0.05) is 13.8 Å². The van der Waals surface area contributed by atoms with Crippen molar-refractivity contribution in [3.05, 3.63) is 11.4 Å². The van der Waals surface area contributed by atoms with Gasteiger partial charge >= 0.3 is 0 Å². The molecule has 1 atom stereocenters. The zero-order valence-electron chi connectivity index (χ0n) is 13.7. The van der Waals surface area contributed by atoms with E-state index < -0.39 is 0 Å². The van der Waals surface area contributed by atoms with Crippen molar-refractivity contribution >= 4 is 11.6 Å². The van der Waals surface area contributed by atoms with E-state index in [1.165, 1.54) is 12.8 Å². The summed E-state index contributed by atoms with van der Waals surface area (Å²) in [6.07, 6.45) is 4.29. The van der Waals surface area contributed by atoms with Crippen molar-refractivity contribution in [3.8, 4) is 0 Å². The second-order valence-electron chi connectivity index (χ2n) is 6.14. The number of nitrogens with zero attached hydrogens (tertiary/aromatic N) is 3. The highest BCUT2D eigenvalue weighted by Crippen LogP contribution is 2.32. The van der Waals surface area contributed by atoms with E-state index in [-0.39, 0.29) is 6.61 Å². The lowest BCUT2D eigenvalue weighted by Gasteiger charge is -2.28. The van der Waals surface area contributed by atoms with Crippen molar-refractivity contribution in [2.75, 3.05) is 30.4 Å². The molecule has 1 aliphatic heterocycles. The highest BCUT2D eigenvalue weighted by molar-refractivity contribution is 5.59.